The number of hydrogen-bond donors (Lipinski definition) is 1. The van der Waals surface area contributed by atoms with E-state index in [0.717, 1.165) is 18.3 Å². The Balaban J connectivity index is 2.42. The average molecular weight is 222 g/mol. The number of aliphatic hydroxyl groups is 1. The van der Waals surface area contributed by atoms with Gasteiger partial charge in [-0.3, -0.25) is 0 Å². The van der Waals surface area contributed by atoms with E-state index in [-0.39, 0.29) is 0 Å². The maximum atomic E-state index is 10.4. The molecular formula is C15H26O. The second-order valence-electron chi connectivity index (χ2n) is 7.23. The Hall–Kier alpha value is -0.300. The van der Waals surface area contributed by atoms with Crippen molar-refractivity contribution in [2.75, 3.05) is 0 Å². The number of rotatable bonds is 1. The van der Waals surface area contributed by atoms with E-state index in [1.807, 2.05) is 13.8 Å². The highest BCUT2D eigenvalue weighted by Crippen LogP contribution is 2.53. The Morgan fingerprint density at radius 3 is 2.50 bits per heavy atom. The molecule has 92 valence electrons. The van der Waals surface area contributed by atoms with E-state index in [4.69, 9.17) is 0 Å². The summed E-state index contributed by atoms with van der Waals surface area (Å²) in [5, 5.41) is 10.4. The van der Waals surface area contributed by atoms with Crippen LogP contribution in [-0.4, -0.2) is 10.7 Å². The van der Waals surface area contributed by atoms with Crippen molar-refractivity contribution >= 4 is 0 Å². The van der Waals surface area contributed by atoms with Crippen LogP contribution < -0.4 is 0 Å². The molecule has 2 aliphatic carbocycles. The number of hydrogen-bond acceptors (Lipinski definition) is 1. The summed E-state index contributed by atoms with van der Waals surface area (Å²) >= 11 is 0. The molecule has 0 aliphatic heterocycles. The lowest BCUT2D eigenvalue weighted by Crippen LogP contribution is -2.34. The van der Waals surface area contributed by atoms with Crippen molar-refractivity contribution in [3.8, 4) is 0 Å². The normalized spacial score (nSPS) is 34.1. The first-order chi connectivity index (χ1) is 7.21. The van der Waals surface area contributed by atoms with Gasteiger partial charge in [0.15, 0.2) is 0 Å². The van der Waals surface area contributed by atoms with Gasteiger partial charge in [-0.1, -0.05) is 26.3 Å². The van der Waals surface area contributed by atoms with Crippen LogP contribution in [0.4, 0.5) is 0 Å². The molecule has 16 heavy (non-hydrogen) atoms. The van der Waals surface area contributed by atoms with Crippen molar-refractivity contribution in [2.45, 2.75) is 65.9 Å². The average Bonchev–Trinajstić information content (AvgIpc) is 2.44. The maximum Gasteiger partial charge on any atom is 0.0803 e. The Morgan fingerprint density at radius 2 is 1.94 bits per heavy atom. The minimum Gasteiger partial charge on any atom is -0.386 e. The largest absolute Gasteiger partial charge is 0.386 e. The van der Waals surface area contributed by atoms with Crippen molar-refractivity contribution in [2.24, 2.45) is 17.3 Å². The molecule has 0 amide bonds. The summed E-state index contributed by atoms with van der Waals surface area (Å²) in [5.74, 6) is 1.55. The number of fused-ring (bicyclic) bond motifs is 1. The van der Waals surface area contributed by atoms with Crippen LogP contribution in [0.1, 0.15) is 60.3 Å². The summed E-state index contributed by atoms with van der Waals surface area (Å²) in [6.45, 7) is 11.0. The van der Waals surface area contributed by atoms with Gasteiger partial charge in [-0.2, -0.15) is 0 Å². The molecule has 0 bridgehead atoms. The zero-order chi connectivity index (χ0) is 12.1. The van der Waals surface area contributed by atoms with Gasteiger partial charge in [0.05, 0.1) is 5.60 Å². The van der Waals surface area contributed by atoms with Crippen molar-refractivity contribution in [3.05, 3.63) is 11.1 Å². The van der Waals surface area contributed by atoms with Gasteiger partial charge in [0.25, 0.3) is 0 Å². The standard InChI is InChI=1S/C15H26O/c1-10-6-7-11-12(10)8-14(2,3)9-13(11)15(4,5)16/h10,12,16H,6-9H2,1-5H3/t10-,12+/m1/s1. The van der Waals surface area contributed by atoms with Crippen LogP contribution in [0.5, 0.6) is 0 Å². The second kappa shape index (κ2) is 3.60. The first-order valence-corrected chi connectivity index (χ1v) is 6.65. The van der Waals surface area contributed by atoms with Gasteiger partial charge < -0.3 is 5.11 Å². The van der Waals surface area contributed by atoms with Crippen molar-refractivity contribution in [1.82, 2.24) is 0 Å². The fraction of sp³-hybridized carbons (Fsp3) is 0.867. The van der Waals surface area contributed by atoms with Crippen LogP contribution in [0.3, 0.4) is 0 Å². The van der Waals surface area contributed by atoms with Gasteiger partial charge in [0.2, 0.25) is 0 Å². The molecule has 0 unspecified atom stereocenters. The maximum absolute atomic E-state index is 10.4. The third kappa shape index (κ3) is 2.07. The predicted molar refractivity (Wildman–Crippen MR) is 68.2 cm³/mol. The molecule has 0 radical (unpaired) electrons. The summed E-state index contributed by atoms with van der Waals surface area (Å²) in [6.07, 6.45) is 4.93. The van der Waals surface area contributed by atoms with Gasteiger partial charge in [0, 0.05) is 0 Å². The molecule has 1 N–H and O–H groups in total. The molecule has 2 rings (SSSR count). The SMILES string of the molecule is C[C@@H]1CCC2=C(C(C)(C)O)CC(C)(C)C[C@H]21. The zero-order valence-electron chi connectivity index (χ0n) is 11.4. The lowest BCUT2D eigenvalue weighted by atomic mass is 9.65. The lowest BCUT2D eigenvalue weighted by molar-refractivity contribution is 0.0944. The fourth-order valence-electron chi connectivity index (χ4n) is 3.68. The van der Waals surface area contributed by atoms with Gasteiger partial charge >= 0.3 is 0 Å². The van der Waals surface area contributed by atoms with E-state index in [0.29, 0.717) is 5.41 Å². The predicted octanol–water partition coefficient (Wildman–Crippen LogP) is 3.92. The first-order valence-electron chi connectivity index (χ1n) is 6.65. The number of allylic oxidation sites excluding steroid dienone is 1. The second-order valence-corrected chi connectivity index (χ2v) is 7.23. The molecule has 0 aromatic heterocycles. The molecule has 0 heterocycles. The van der Waals surface area contributed by atoms with Crippen molar-refractivity contribution in [1.29, 1.82) is 0 Å². The smallest absolute Gasteiger partial charge is 0.0803 e. The summed E-state index contributed by atoms with van der Waals surface area (Å²) in [7, 11) is 0. The van der Waals surface area contributed by atoms with Crippen LogP contribution in [-0.2, 0) is 0 Å². The summed E-state index contributed by atoms with van der Waals surface area (Å²) in [4.78, 5) is 0. The summed E-state index contributed by atoms with van der Waals surface area (Å²) in [5.41, 5.74) is 2.69. The van der Waals surface area contributed by atoms with Crippen LogP contribution in [0.15, 0.2) is 11.1 Å². The lowest BCUT2D eigenvalue weighted by Gasteiger charge is -2.41. The molecule has 0 aromatic rings. The zero-order valence-corrected chi connectivity index (χ0v) is 11.4. The molecule has 1 saturated carbocycles. The monoisotopic (exact) mass is 222 g/mol. The van der Waals surface area contributed by atoms with Crippen LogP contribution in [0.2, 0.25) is 0 Å². The van der Waals surface area contributed by atoms with E-state index in [2.05, 4.69) is 20.8 Å². The van der Waals surface area contributed by atoms with Gasteiger partial charge in [-0.05, 0) is 62.4 Å². The van der Waals surface area contributed by atoms with Gasteiger partial charge in [-0.15, -0.1) is 0 Å². The Morgan fingerprint density at radius 1 is 1.31 bits per heavy atom. The van der Waals surface area contributed by atoms with E-state index in [9.17, 15) is 5.11 Å². The fourth-order valence-corrected chi connectivity index (χ4v) is 3.68. The van der Waals surface area contributed by atoms with Crippen molar-refractivity contribution < 1.29 is 5.11 Å². The molecule has 0 spiro atoms. The molecule has 1 heteroatoms. The van der Waals surface area contributed by atoms with Crippen LogP contribution >= 0.6 is 0 Å². The molecule has 2 aliphatic rings. The highest BCUT2D eigenvalue weighted by molar-refractivity contribution is 5.31. The molecule has 0 saturated heterocycles. The third-order valence-corrected chi connectivity index (χ3v) is 4.56. The van der Waals surface area contributed by atoms with Crippen LogP contribution in [0, 0.1) is 17.3 Å². The summed E-state index contributed by atoms with van der Waals surface area (Å²) in [6, 6.07) is 0. The van der Waals surface area contributed by atoms with Gasteiger partial charge in [-0.25, -0.2) is 0 Å². The van der Waals surface area contributed by atoms with Crippen LogP contribution in [0.25, 0.3) is 0 Å². The third-order valence-electron chi connectivity index (χ3n) is 4.56. The molecule has 1 fully saturated rings. The topological polar surface area (TPSA) is 20.2 Å². The Labute approximate surface area is 99.9 Å². The highest BCUT2D eigenvalue weighted by atomic mass is 16.3. The molecular weight excluding hydrogens is 196 g/mol. The van der Waals surface area contributed by atoms with E-state index < -0.39 is 5.60 Å². The highest BCUT2D eigenvalue weighted by Gasteiger charge is 2.42. The molecule has 0 aromatic carbocycles. The molecule has 1 nitrogen and oxygen atoms in total. The minimum absolute atomic E-state index is 0.363. The van der Waals surface area contributed by atoms with E-state index >= 15 is 0 Å². The van der Waals surface area contributed by atoms with Crippen molar-refractivity contribution in [3.63, 3.8) is 0 Å². The summed E-state index contributed by atoms with van der Waals surface area (Å²) < 4.78 is 0. The quantitative estimate of drug-likeness (QED) is 0.667. The minimum atomic E-state index is -0.616. The van der Waals surface area contributed by atoms with E-state index in [1.165, 1.54) is 24.8 Å². The first kappa shape index (κ1) is 12.2. The van der Waals surface area contributed by atoms with Gasteiger partial charge in [0.1, 0.15) is 0 Å². The Bertz CT molecular complexity index is 317. The van der Waals surface area contributed by atoms with E-state index in [1.54, 1.807) is 5.57 Å². The Kier molecular flexibility index (Phi) is 2.73. The molecule has 2 atom stereocenters.